The van der Waals surface area contributed by atoms with E-state index >= 15 is 0 Å². The van der Waals surface area contributed by atoms with E-state index in [2.05, 4.69) is 40.0 Å². The first-order chi connectivity index (χ1) is 6.66. The van der Waals surface area contributed by atoms with Gasteiger partial charge in [-0.25, -0.2) is 0 Å². The van der Waals surface area contributed by atoms with E-state index in [1.807, 2.05) is 19.2 Å². The molecule has 0 N–H and O–H groups in total. The second kappa shape index (κ2) is 3.83. The van der Waals surface area contributed by atoms with Crippen molar-refractivity contribution in [1.29, 1.82) is 0 Å². The summed E-state index contributed by atoms with van der Waals surface area (Å²) >= 11 is 5.33. The van der Waals surface area contributed by atoms with E-state index in [1.54, 1.807) is 11.3 Å². The summed E-state index contributed by atoms with van der Waals surface area (Å²) in [5.41, 5.74) is 2.31. The van der Waals surface area contributed by atoms with Crippen molar-refractivity contribution in [3.63, 3.8) is 0 Å². The highest BCUT2D eigenvalue weighted by Gasteiger charge is 2.04. The highest BCUT2D eigenvalue weighted by molar-refractivity contribution is 9.10. The molecular formula is C11H10BrNS. The van der Waals surface area contributed by atoms with E-state index in [0.717, 1.165) is 5.69 Å². The molecule has 2 aromatic rings. The second-order valence-electron chi connectivity index (χ2n) is 3.20. The number of thiophene rings is 1. The summed E-state index contributed by atoms with van der Waals surface area (Å²) in [4.78, 5) is 6.79. The molecule has 0 bridgehead atoms. The van der Waals surface area contributed by atoms with E-state index in [-0.39, 0.29) is 0 Å². The van der Waals surface area contributed by atoms with Crippen LogP contribution in [0.3, 0.4) is 0 Å². The lowest BCUT2D eigenvalue weighted by molar-refractivity contribution is 1.20. The van der Waals surface area contributed by atoms with Gasteiger partial charge in [-0.1, -0.05) is 0 Å². The lowest BCUT2D eigenvalue weighted by Crippen LogP contribution is -1.79. The zero-order valence-electron chi connectivity index (χ0n) is 8.04. The molecule has 0 saturated heterocycles. The van der Waals surface area contributed by atoms with Crippen molar-refractivity contribution in [3.05, 3.63) is 39.4 Å². The van der Waals surface area contributed by atoms with Crippen molar-refractivity contribution in [2.75, 3.05) is 0 Å². The first kappa shape index (κ1) is 9.87. The molecule has 0 aromatic carbocycles. The van der Waals surface area contributed by atoms with Gasteiger partial charge in [0, 0.05) is 26.1 Å². The molecule has 0 aliphatic rings. The predicted molar refractivity (Wildman–Crippen MR) is 64.7 cm³/mol. The first-order valence-corrected chi connectivity index (χ1v) is 5.97. The third-order valence-corrected chi connectivity index (χ3v) is 4.22. The van der Waals surface area contributed by atoms with Crippen LogP contribution in [0.1, 0.15) is 10.6 Å². The quantitative estimate of drug-likeness (QED) is 0.755. The molecule has 2 heterocycles. The maximum Gasteiger partial charge on any atom is 0.0379 e. The zero-order chi connectivity index (χ0) is 10.1. The molecule has 0 amide bonds. The topological polar surface area (TPSA) is 12.9 Å². The fourth-order valence-electron chi connectivity index (χ4n) is 1.30. The van der Waals surface area contributed by atoms with Crippen LogP contribution in [0.25, 0.3) is 10.4 Å². The number of rotatable bonds is 1. The standard InChI is InChI=1S/C11H10BrNS/c1-7-5-9(3-4-13-7)11-6-10(12)8(2)14-11/h3-6H,1-2H3. The van der Waals surface area contributed by atoms with Gasteiger partial charge >= 0.3 is 0 Å². The normalized spacial score (nSPS) is 10.5. The Morgan fingerprint density at radius 1 is 1.29 bits per heavy atom. The third-order valence-electron chi connectivity index (χ3n) is 2.04. The van der Waals surface area contributed by atoms with Crippen molar-refractivity contribution in [3.8, 4) is 10.4 Å². The molecule has 14 heavy (non-hydrogen) atoms. The maximum atomic E-state index is 4.19. The highest BCUT2D eigenvalue weighted by atomic mass is 79.9. The number of hydrogen-bond acceptors (Lipinski definition) is 2. The molecule has 72 valence electrons. The molecule has 0 aliphatic carbocycles. The predicted octanol–water partition coefficient (Wildman–Crippen LogP) is 4.19. The molecular weight excluding hydrogens is 258 g/mol. The first-order valence-electron chi connectivity index (χ1n) is 4.36. The fraction of sp³-hybridized carbons (Fsp3) is 0.182. The summed E-state index contributed by atoms with van der Waals surface area (Å²) in [6.07, 6.45) is 1.85. The Hall–Kier alpha value is -0.670. The van der Waals surface area contributed by atoms with E-state index in [1.165, 1.54) is 19.8 Å². The van der Waals surface area contributed by atoms with Gasteiger partial charge in [-0.2, -0.15) is 0 Å². The van der Waals surface area contributed by atoms with Crippen LogP contribution in [0, 0.1) is 13.8 Å². The molecule has 0 atom stereocenters. The molecule has 0 radical (unpaired) electrons. The fourth-order valence-corrected chi connectivity index (χ4v) is 2.83. The molecule has 1 nitrogen and oxygen atoms in total. The van der Waals surface area contributed by atoms with Gasteiger partial charge in [-0.05, 0) is 53.5 Å². The smallest absolute Gasteiger partial charge is 0.0379 e. The van der Waals surface area contributed by atoms with Crippen molar-refractivity contribution >= 4 is 27.3 Å². The number of aryl methyl sites for hydroxylation is 2. The Morgan fingerprint density at radius 2 is 2.07 bits per heavy atom. The van der Waals surface area contributed by atoms with Gasteiger partial charge in [-0.15, -0.1) is 11.3 Å². The molecule has 0 fully saturated rings. The summed E-state index contributed by atoms with van der Waals surface area (Å²) in [5, 5.41) is 0. The van der Waals surface area contributed by atoms with Crippen molar-refractivity contribution in [2.45, 2.75) is 13.8 Å². The summed E-state index contributed by atoms with van der Waals surface area (Å²) in [5.74, 6) is 0. The molecule has 2 aromatic heterocycles. The van der Waals surface area contributed by atoms with E-state index in [0.29, 0.717) is 0 Å². The molecule has 0 spiro atoms. The largest absolute Gasteiger partial charge is 0.262 e. The molecule has 3 heteroatoms. The number of halogens is 1. The Morgan fingerprint density at radius 3 is 2.64 bits per heavy atom. The van der Waals surface area contributed by atoms with Crippen molar-refractivity contribution < 1.29 is 0 Å². The minimum Gasteiger partial charge on any atom is -0.262 e. The van der Waals surface area contributed by atoms with Gasteiger partial charge in [0.25, 0.3) is 0 Å². The summed E-state index contributed by atoms with van der Waals surface area (Å²) in [6.45, 7) is 4.13. The van der Waals surface area contributed by atoms with Crippen LogP contribution < -0.4 is 0 Å². The summed E-state index contributed by atoms with van der Waals surface area (Å²) in [7, 11) is 0. The number of pyridine rings is 1. The average Bonchev–Trinajstić information content (AvgIpc) is 2.47. The number of hydrogen-bond donors (Lipinski definition) is 0. The Bertz CT molecular complexity index is 443. The van der Waals surface area contributed by atoms with Crippen LogP contribution in [0.15, 0.2) is 28.9 Å². The Balaban J connectivity index is 2.49. The lowest BCUT2D eigenvalue weighted by Gasteiger charge is -1.97. The number of nitrogens with zero attached hydrogens (tertiary/aromatic N) is 1. The third kappa shape index (κ3) is 1.88. The van der Waals surface area contributed by atoms with Gasteiger partial charge < -0.3 is 0 Å². The highest BCUT2D eigenvalue weighted by Crippen LogP contribution is 2.33. The van der Waals surface area contributed by atoms with E-state index in [9.17, 15) is 0 Å². The van der Waals surface area contributed by atoms with Crippen LogP contribution in [0.4, 0.5) is 0 Å². The van der Waals surface area contributed by atoms with Crippen LogP contribution in [0.5, 0.6) is 0 Å². The zero-order valence-corrected chi connectivity index (χ0v) is 10.4. The van der Waals surface area contributed by atoms with Gasteiger partial charge in [0.05, 0.1) is 0 Å². The summed E-state index contributed by atoms with van der Waals surface area (Å²) < 4.78 is 1.19. The Labute approximate surface area is 95.9 Å². The molecule has 0 unspecified atom stereocenters. The second-order valence-corrected chi connectivity index (χ2v) is 5.31. The van der Waals surface area contributed by atoms with Crippen LogP contribution >= 0.6 is 27.3 Å². The van der Waals surface area contributed by atoms with Crippen LogP contribution in [-0.4, -0.2) is 4.98 Å². The van der Waals surface area contributed by atoms with E-state index < -0.39 is 0 Å². The minimum absolute atomic E-state index is 1.06. The lowest BCUT2D eigenvalue weighted by atomic mass is 10.2. The monoisotopic (exact) mass is 267 g/mol. The maximum absolute atomic E-state index is 4.19. The van der Waals surface area contributed by atoms with Gasteiger partial charge in [0.15, 0.2) is 0 Å². The van der Waals surface area contributed by atoms with E-state index in [4.69, 9.17) is 0 Å². The van der Waals surface area contributed by atoms with Crippen LogP contribution in [0.2, 0.25) is 0 Å². The van der Waals surface area contributed by atoms with Crippen molar-refractivity contribution in [1.82, 2.24) is 4.98 Å². The summed E-state index contributed by atoms with van der Waals surface area (Å²) in [6, 6.07) is 6.32. The van der Waals surface area contributed by atoms with Gasteiger partial charge in [-0.3, -0.25) is 4.98 Å². The van der Waals surface area contributed by atoms with Crippen LogP contribution in [-0.2, 0) is 0 Å². The Kier molecular flexibility index (Phi) is 2.70. The SMILES string of the molecule is Cc1cc(-c2cc(Br)c(C)s2)ccn1. The van der Waals surface area contributed by atoms with Crippen molar-refractivity contribution in [2.24, 2.45) is 0 Å². The number of aromatic nitrogens is 1. The molecule has 2 rings (SSSR count). The van der Waals surface area contributed by atoms with Gasteiger partial charge in [0.2, 0.25) is 0 Å². The minimum atomic E-state index is 1.06. The average molecular weight is 268 g/mol. The molecule has 0 aliphatic heterocycles. The molecule has 0 saturated carbocycles. The van der Waals surface area contributed by atoms with Gasteiger partial charge in [0.1, 0.15) is 0 Å².